The Labute approximate surface area is 116 Å². The molecule has 0 bridgehead atoms. The lowest BCUT2D eigenvalue weighted by Crippen LogP contribution is -2.37. The third-order valence-corrected chi connectivity index (χ3v) is 3.94. The fourth-order valence-electron chi connectivity index (χ4n) is 2.45. The summed E-state index contributed by atoms with van der Waals surface area (Å²) in [4.78, 5) is 12.9. The van der Waals surface area contributed by atoms with Crippen LogP contribution in [0.4, 0.5) is 18.9 Å². The molecule has 1 aliphatic rings. The molecular weight excluding hydrogens is 267 g/mol. The molecule has 5 heteroatoms. The van der Waals surface area contributed by atoms with Gasteiger partial charge >= 0.3 is 6.18 Å². The van der Waals surface area contributed by atoms with E-state index in [1.807, 2.05) is 4.90 Å². The standard InChI is InChI=1S/C15H18F3NO/c1-14(2)5-7-19(8-6-14)13-9-12(15(16,17)18)4-3-11(13)10-20/h3-4,9-10H,5-8H2,1-2H3. The molecule has 0 aliphatic carbocycles. The zero-order valence-corrected chi connectivity index (χ0v) is 11.6. The zero-order chi connectivity index (χ0) is 15.0. The van der Waals surface area contributed by atoms with Gasteiger partial charge in [0.25, 0.3) is 0 Å². The second-order valence-electron chi connectivity index (χ2n) is 6.04. The molecule has 110 valence electrons. The Kier molecular flexibility index (Phi) is 3.80. The molecule has 0 N–H and O–H groups in total. The highest BCUT2D eigenvalue weighted by atomic mass is 19.4. The van der Waals surface area contributed by atoms with E-state index in [-0.39, 0.29) is 5.41 Å². The SMILES string of the molecule is CC1(C)CCN(c2cc(C(F)(F)F)ccc2C=O)CC1. The topological polar surface area (TPSA) is 20.3 Å². The van der Waals surface area contributed by atoms with E-state index in [2.05, 4.69) is 13.8 Å². The fourth-order valence-corrected chi connectivity index (χ4v) is 2.45. The van der Waals surface area contributed by atoms with Gasteiger partial charge in [0, 0.05) is 24.3 Å². The van der Waals surface area contributed by atoms with Gasteiger partial charge in [-0.2, -0.15) is 13.2 Å². The lowest BCUT2D eigenvalue weighted by atomic mass is 9.82. The third-order valence-electron chi connectivity index (χ3n) is 3.94. The first-order chi connectivity index (χ1) is 9.23. The number of carbonyl (C=O) groups excluding carboxylic acids is 1. The van der Waals surface area contributed by atoms with Gasteiger partial charge in [-0.05, 0) is 36.5 Å². The average Bonchev–Trinajstić information content (AvgIpc) is 2.37. The van der Waals surface area contributed by atoms with Crippen LogP contribution in [0.5, 0.6) is 0 Å². The van der Waals surface area contributed by atoms with E-state index in [1.54, 1.807) is 0 Å². The summed E-state index contributed by atoms with van der Waals surface area (Å²) in [5.41, 5.74) is 0.213. The van der Waals surface area contributed by atoms with Crippen LogP contribution in [0.3, 0.4) is 0 Å². The van der Waals surface area contributed by atoms with E-state index in [0.717, 1.165) is 25.0 Å². The van der Waals surface area contributed by atoms with Crippen LogP contribution in [-0.2, 0) is 6.18 Å². The van der Waals surface area contributed by atoms with Crippen molar-refractivity contribution in [3.05, 3.63) is 29.3 Å². The van der Waals surface area contributed by atoms with Crippen molar-refractivity contribution < 1.29 is 18.0 Å². The van der Waals surface area contributed by atoms with Crippen LogP contribution in [0.25, 0.3) is 0 Å². The molecule has 1 aromatic carbocycles. The monoisotopic (exact) mass is 285 g/mol. The van der Waals surface area contributed by atoms with Gasteiger partial charge in [-0.1, -0.05) is 13.8 Å². The molecule has 1 aromatic rings. The van der Waals surface area contributed by atoms with Crippen LogP contribution < -0.4 is 4.90 Å². The summed E-state index contributed by atoms with van der Waals surface area (Å²) in [5, 5.41) is 0. The average molecular weight is 285 g/mol. The molecule has 20 heavy (non-hydrogen) atoms. The summed E-state index contributed by atoms with van der Waals surface area (Å²) >= 11 is 0. The van der Waals surface area contributed by atoms with Crippen molar-refractivity contribution >= 4 is 12.0 Å². The second-order valence-corrected chi connectivity index (χ2v) is 6.04. The minimum Gasteiger partial charge on any atom is -0.371 e. The molecule has 2 nitrogen and oxygen atoms in total. The smallest absolute Gasteiger partial charge is 0.371 e. The van der Waals surface area contributed by atoms with Crippen molar-refractivity contribution in [2.75, 3.05) is 18.0 Å². The Morgan fingerprint density at radius 1 is 1.20 bits per heavy atom. The second kappa shape index (κ2) is 5.11. The molecule has 0 saturated carbocycles. The molecule has 1 heterocycles. The Balaban J connectivity index is 2.32. The summed E-state index contributed by atoms with van der Waals surface area (Å²) in [6.07, 6.45) is -1.95. The van der Waals surface area contributed by atoms with Crippen LogP contribution in [0.1, 0.15) is 42.6 Å². The molecule has 1 saturated heterocycles. The lowest BCUT2D eigenvalue weighted by Gasteiger charge is -2.38. The normalized spacial score (nSPS) is 18.9. The summed E-state index contributed by atoms with van der Waals surface area (Å²) in [5.74, 6) is 0. The van der Waals surface area contributed by atoms with Gasteiger partial charge in [-0.15, -0.1) is 0 Å². The molecule has 0 aromatic heterocycles. The van der Waals surface area contributed by atoms with Gasteiger partial charge in [0.1, 0.15) is 0 Å². The number of benzene rings is 1. The van der Waals surface area contributed by atoms with Gasteiger partial charge in [0.2, 0.25) is 0 Å². The minimum atomic E-state index is -4.38. The number of piperidine rings is 1. The maximum absolute atomic E-state index is 12.8. The molecule has 0 atom stereocenters. The molecule has 1 aliphatic heterocycles. The molecule has 1 fully saturated rings. The number of nitrogens with zero attached hydrogens (tertiary/aromatic N) is 1. The fraction of sp³-hybridized carbons (Fsp3) is 0.533. The van der Waals surface area contributed by atoms with Crippen molar-refractivity contribution in [2.45, 2.75) is 32.9 Å². The van der Waals surface area contributed by atoms with E-state index in [9.17, 15) is 18.0 Å². The number of carbonyl (C=O) groups is 1. The Morgan fingerprint density at radius 2 is 1.80 bits per heavy atom. The van der Waals surface area contributed by atoms with Crippen LogP contribution in [0, 0.1) is 5.41 Å². The lowest BCUT2D eigenvalue weighted by molar-refractivity contribution is -0.137. The molecular formula is C15H18F3NO. The first kappa shape index (κ1) is 14.9. The highest BCUT2D eigenvalue weighted by molar-refractivity contribution is 5.85. The van der Waals surface area contributed by atoms with Crippen molar-refractivity contribution in [1.29, 1.82) is 0 Å². The van der Waals surface area contributed by atoms with Crippen LogP contribution in [0.2, 0.25) is 0 Å². The van der Waals surface area contributed by atoms with Gasteiger partial charge < -0.3 is 4.90 Å². The van der Waals surface area contributed by atoms with Gasteiger partial charge in [0.05, 0.1) is 5.56 Å². The molecule has 0 radical (unpaired) electrons. The zero-order valence-electron chi connectivity index (χ0n) is 11.6. The molecule has 0 spiro atoms. The summed E-state index contributed by atoms with van der Waals surface area (Å²) in [6.45, 7) is 5.65. The quantitative estimate of drug-likeness (QED) is 0.761. The highest BCUT2D eigenvalue weighted by Gasteiger charge is 2.32. The van der Waals surface area contributed by atoms with Gasteiger partial charge in [0.15, 0.2) is 6.29 Å². The maximum atomic E-state index is 12.8. The number of hydrogen-bond donors (Lipinski definition) is 0. The van der Waals surface area contributed by atoms with E-state index in [0.29, 0.717) is 30.6 Å². The predicted molar refractivity (Wildman–Crippen MR) is 72.1 cm³/mol. The van der Waals surface area contributed by atoms with E-state index < -0.39 is 11.7 Å². The first-order valence-corrected chi connectivity index (χ1v) is 6.64. The number of hydrogen-bond acceptors (Lipinski definition) is 2. The maximum Gasteiger partial charge on any atom is 0.416 e. The summed E-state index contributed by atoms with van der Waals surface area (Å²) in [6, 6.07) is 3.30. The van der Waals surface area contributed by atoms with Crippen molar-refractivity contribution in [1.82, 2.24) is 0 Å². The Hall–Kier alpha value is -1.52. The Bertz CT molecular complexity index is 498. The summed E-state index contributed by atoms with van der Waals surface area (Å²) < 4.78 is 38.4. The van der Waals surface area contributed by atoms with Crippen LogP contribution in [-0.4, -0.2) is 19.4 Å². The number of aldehydes is 1. The largest absolute Gasteiger partial charge is 0.416 e. The molecule has 0 unspecified atom stereocenters. The first-order valence-electron chi connectivity index (χ1n) is 6.64. The summed E-state index contributed by atoms with van der Waals surface area (Å²) in [7, 11) is 0. The minimum absolute atomic E-state index is 0.208. The van der Waals surface area contributed by atoms with Crippen molar-refractivity contribution in [2.24, 2.45) is 5.41 Å². The van der Waals surface area contributed by atoms with Crippen molar-refractivity contribution in [3.63, 3.8) is 0 Å². The van der Waals surface area contributed by atoms with E-state index >= 15 is 0 Å². The number of alkyl halides is 3. The predicted octanol–water partition coefficient (Wildman–Crippen LogP) is 4.14. The number of anilines is 1. The third kappa shape index (κ3) is 3.14. The van der Waals surface area contributed by atoms with Crippen molar-refractivity contribution in [3.8, 4) is 0 Å². The van der Waals surface area contributed by atoms with Gasteiger partial charge in [-0.25, -0.2) is 0 Å². The van der Waals surface area contributed by atoms with E-state index in [1.165, 1.54) is 6.07 Å². The Morgan fingerprint density at radius 3 is 2.30 bits per heavy atom. The number of halogens is 3. The van der Waals surface area contributed by atoms with Crippen LogP contribution >= 0.6 is 0 Å². The van der Waals surface area contributed by atoms with Gasteiger partial charge in [-0.3, -0.25) is 4.79 Å². The van der Waals surface area contributed by atoms with E-state index in [4.69, 9.17) is 0 Å². The molecule has 0 amide bonds. The van der Waals surface area contributed by atoms with Crippen LogP contribution in [0.15, 0.2) is 18.2 Å². The highest BCUT2D eigenvalue weighted by Crippen LogP contribution is 2.36. The molecule has 2 rings (SSSR count). The number of rotatable bonds is 2.